The molecule has 0 aliphatic carbocycles. The summed E-state index contributed by atoms with van der Waals surface area (Å²) in [5, 5.41) is 13.3. The molecule has 1 aromatic rings. The van der Waals surface area contributed by atoms with Crippen LogP contribution < -0.4 is 5.32 Å². The molecule has 1 aromatic heterocycles. The molecule has 1 amide bonds. The van der Waals surface area contributed by atoms with Crippen LogP contribution in [0.2, 0.25) is 0 Å². The molecule has 4 nitrogen and oxygen atoms in total. The zero-order valence-corrected chi connectivity index (χ0v) is 8.19. The number of thiophene rings is 1. The van der Waals surface area contributed by atoms with Crippen molar-refractivity contribution < 1.29 is 14.7 Å². The third kappa shape index (κ3) is 1.39. The van der Waals surface area contributed by atoms with Crippen LogP contribution in [-0.4, -0.2) is 23.5 Å². The molecular formula is C9H9NO3S. The van der Waals surface area contributed by atoms with Gasteiger partial charge in [-0.25, -0.2) is 4.79 Å². The van der Waals surface area contributed by atoms with Crippen molar-refractivity contribution in [2.24, 2.45) is 0 Å². The van der Waals surface area contributed by atoms with Gasteiger partial charge in [-0.2, -0.15) is 0 Å². The summed E-state index contributed by atoms with van der Waals surface area (Å²) < 4.78 is 0. The Labute approximate surface area is 84.6 Å². The molecule has 0 spiro atoms. The summed E-state index contributed by atoms with van der Waals surface area (Å²) in [6.45, 7) is 0.622. The van der Waals surface area contributed by atoms with Gasteiger partial charge in [-0.05, 0) is 23.8 Å². The van der Waals surface area contributed by atoms with Crippen LogP contribution in [0, 0.1) is 0 Å². The van der Waals surface area contributed by atoms with E-state index in [1.807, 2.05) is 0 Å². The largest absolute Gasteiger partial charge is 0.477 e. The number of aromatic carboxylic acids is 1. The lowest BCUT2D eigenvalue weighted by molar-refractivity contribution is 0.0696. The van der Waals surface area contributed by atoms with Gasteiger partial charge >= 0.3 is 5.97 Å². The first kappa shape index (κ1) is 9.21. The maximum Gasteiger partial charge on any atom is 0.346 e. The second kappa shape index (κ2) is 3.42. The van der Waals surface area contributed by atoms with Gasteiger partial charge in [0.15, 0.2) is 0 Å². The summed E-state index contributed by atoms with van der Waals surface area (Å²) >= 11 is 1.13. The third-order valence-electron chi connectivity index (χ3n) is 2.20. The molecular weight excluding hydrogens is 202 g/mol. The summed E-state index contributed by atoms with van der Waals surface area (Å²) in [7, 11) is 0. The molecule has 0 atom stereocenters. The van der Waals surface area contributed by atoms with Crippen molar-refractivity contribution in [2.75, 3.05) is 6.54 Å². The van der Waals surface area contributed by atoms with Gasteiger partial charge in [0.2, 0.25) is 0 Å². The van der Waals surface area contributed by atoms with Crippen molar-refractivity contribution in [1.82, 2.24) is 5.32 Å². The number of carboxylic acids is 1. The van der Waals surface area contributed by atoms with Crippen molar-refractivity contribution in [3.8, 4) is 0 Å². The van der Waals surface area contributed by atoms with Gasteiger partial charge in [0, 0.05) is 6.54 Å². The highest BCUT2D eigenvalue weighted by Crippen LogP contribution is 2.25. The second-order valence-corrected chi connectivity index (χ2v) is 4.01. The predicted molar refractivity (Wildman–Crippen MR) is 51.9 cm³/mol. The zero-order chi connectivity index (χ0) is 10.1. The first-order valence-corrected chi connectivity index (χ1v) is 5.20. The van der Waals surface area contributed by atoms with Crippen LogP contribution in [-0.2, 0) is 6.42 Å². The quantitative estimate of drug-likeness (QED) is 0.731. The van der Waals surface area contributed by atoms with E-state index in [0.29, 0.717) is 12.1 Å². The molecule has 1 aliphatic heterocycles. The van der Waals surface area contributed by atoms with Crippen LogP contribution in [0.25, 0.3) is 0 Å². The number of hydrogen-bond acceptors (Lipinski definition) is 3. The van der Waals surface area contributed by atoms with Gasteiger partial charge in [0.1, 0.15) is 4.88 Å². The molecule has 5 heteroatoms. The molecule has 0 unspecified atom stereocenters. The molecule has 0 radical (unpaired) electrons. The van der Waals surface area contributed by atoms with Gasteiger partial charge in [0.25, 0.3) is 5.91 Å². The topological polar surface area (TPSA) is 66.4 Å². The molecule has 74 valence electrons. The van der Waals surface area contributed by atoms with E-state index in [-0.39, 0.29) is 10.8 Å². The average Bonchev–Trinajstić information content (AvgIpc) is 2.48. The van der Waals surface area contributed by atoms with Crippen molar-refractivity contribution >= 4 is 23.2 Å². The van der Waals surface area contributed by atoms with Crippen LogP contribution >= 0.6 is 11.3 Å². The standard InChI is InChI=1S/C9H9NO3S/c11-8-6-5(2-1-3-10-8)4-14-7(6)9(12)13/h4H,1-3H2,(H,10,11)(H,12,13). The summed E-state index contributed by atoms with van der Waals surface area (Å²) in [5.41, 5.74) is 1.22. The highest BCUT2D eigenvalue weighted by Gasteiger charge is 2.24. The molecule has 0 saturated heterocycles. The molecule has 1 aliphatic rings. The minimum Gasteiger partial charge on any atom is -0.477 e. The van der Waals surface area contributed by atoms with E-state index in [2.05, 4.69) is 5.32 Å². The number of aryl methyl sites for hydroxylation is 1. The molecule has 14 heavy (non-hydrogen) atoms. The van der Waals surface area contributed by atoms with E-state index in [4.69, 9.17) is 5.11 Å². The molecule has 2 rings (SSSR count). The van der Waals surface area contributed by atoms with E-state index in [9.17, 15) is 9.59 Å². The van der Waals surface area contributed by atoms with Crippen molar-refractivity contribution in [1.29, 1.82) is 0 Å². The van der Waals surface area contributed by atoms with E-state index >= 15 is 0 Å². The second-order valence-electron chi connectivity index (χ2n) is 3.13. The Hall–Kier alpha value is -1.36. The van der Waals surface area contributed by atoms with Crippen molar-refractivity contribution in [3.05, 3.63) is 21.4 Å². The van der Waals surface area contributed by atoms with Crippen LogP contribution in [0.4, 0.5) is 0 Å². The Morgan fingerprint density at radius 3 is 3.07 bits per heavy atom. The minimum absolute atomic E-state index is 0.152. The Bertz CT molecular complexity index is 397. The Balaban J connectivity index is 2.52. The predicted octanol–water partition coefficient (Wildman–Crippen LogP) is 1.12. The van der Waals surface area contributed by atoms with Gasteiger partial charge in [-0.15, -0.1) is 11.3 Å². The third-order valence-corrected chi connectivity index (χ3v) is 3.21. The number of carboxylic acid groups (broad SMARTS) is 1. The lowest BCUT2D eigenvalue weighted by atomic mass is 10.1. The number of fused-ring (bicyclic) bond motifs is 1. The Kier molecular flexibility index (Phi) is 2.25. The molecule has 2 heterocycles. The lowest BCUT2D eigenvalue weighted by Gasteiger charge is -1.99. The number of carbonyl (C=O) groups is 2. The monoisotopic (exact) mass is 211 g/mol. The first-order chi connectivity index (χ1) is 6.70. The lowest BCUT2D eigenvalue weighted by Crippen LogP contribution is -2.23. The fraction of sp³-hybridized carbons (Fsp3) is 0.333. The van der Waals surface area contributed by atoms with Crippen LogP contribution in [0.1, 0.15) is 32.0 Å². The van der Waals surface area contributed by atoms with Crippen LogP contribution in [0.5, 0.6) is 0 Å². The summed E-state index contributed by atoms with van der Waals surface area (Å²) in [5.74, 6) is -1.27. The van der Waals surface area contributed by atoms with Gasteiger partial charge in [-0.3, -0.25) is 4.79 Å². The van der Waals surface area contributed by atoms with Crippen LogP contribution in [0.3, 0.4) is 0 Å². The maximum atomic E-state index is 11.5. The maximum absolute atomic E-state index is 11.5. The SMILES string of the molecule is O=C(O)c1scc2c1C(=O)NCCC2. The molecule has 0 saturated carbocycles. The zero-order valence-electron chi connectivity index (χ0n) is 7.37. The molecule has 0 aromatic carbocycles. The number of carbonyl (C=O) groups excluding carboxylic acids is 1. The first-order valence-electron chi connectivity index (χ1n) is 4.32. The number of nitrogens with one attached hydrogen (secondary N) is 1. The van der Waals surface area contributed by atoms with Crippen LogP contribution in [0.15, 0.2) is 5.38 Å². The van der Waals surface area contributed by atoms with E-state index in [1.165, 1.54) is 0 Å². The van der Waals surface area contributed by atoms with Gasteiger partial charge in [-0.1, -0.05) is 0 Å². The van der Waals surface area contributed by atoms with E-state index in [1.54, 1.807) is 5.38 Å². The number of amides is 1. The number of hydrogen-bond donors (Lipinski definition) is 2. The van der Waals surface area contributed by atoms with Gasteiger partial charge in [0.05, 0.1) is 5.56 Å². The van der Waals surface area contributed by atoms with Crippen molar-refractivity contribution in [3.63, 3.8) is 0 Å². The fourth-order valence-electron chi connectivity index (χ4n) is 1.55. The van der Waals surface area contributed by atoms with Gasteiger partial charge < -0.3 is 10.4 Å². The Morgan fingerprint density at radius 1 is 1.57 bits per heavy atom. The van der Waals surface area contributed by atoms with E-state index < -0.39 is 5.97 Å². The molecule has 0 bridgehead atoms. The van der Waals surface area contributed by atoms with Crippen molar-refractivity contribution in [2.45, 2.75) is 12.8 Å². The highest BCUT2D eigenvalue weighted by atomic mass is 32.1. The highest BCUT2D eigenvalue weighted by molar-refractivity contribution is 7.12. The minimum atomic E-state index is -1.02. The Morgan fingerprint density at radius 2 is 2.36 bits per heavy atom. The summed E-state index contributed by atoms with van der Waals surface area (Å²) in [6, 6.07) is 0. The summed E-state index contributed by atoms with van der Waals surface area (Å²) in [4.78, 5) is 22.5. The normalized spacial score (nSPS) is 15.6. The number of rotatable bonds is 1. The smallest absolute Gasteiger partial charge is 0.346 e. The average molecular weight is 211 g/mol. The molecule has 0 fully saturated rings. The van der Waals surface area contributed by atoms with E-state index in [0.717, 1.165) is 29.7 Å². The summed E-state index contributed by atoms with van der Waals surface area (Å²) in [6.07, 6.45) is 1.65. The fourth-order valence-corrected chi connectivity index (χ4v) is 2.49. The molecule has 2 N–H and O–H groups in total.